The molecular weight excluding hydrogens is 260 g/mol. The monoisotopic (exact) mass is 290 g/mol. The maximum Gasteiger partial charge on any atom is 0.123 e. The zero-order valence-electron chi connectivity index (χ0n) is 14.0. The summed E-state index contributed by atoms with van der Waals surface area (Å²) in [4.78, 5) is 2.62. The Morgan fingerprint density at radius 2 is 2.19 bits per heavy atom. The van der Waals surface area contributed by atoms with Crippen LogP contribution in [-0.2, 0) is 13.1 Å². The summed E-state index contributed by atoms with van der Waals surface area (Å²) in [6, 6.07) is 7.29. The lowest BCUT2D eigenvalue weighted by molar-refractivity contribution is 0.196. The Hall–Kier alpha value is -1.06. The zero-order chi connectivity index (χ0) is 15.2. The van der Waals surface area contributed by atoms with Crippen molar-refractivity contribution in [2.45, 2.75) is 52.7 Å². The van der Waals surface area contributed by atoms with Gasteiger partial charge in [0.25, 0.3) is 0 Å². The van der Waals surface area contributed by atoms with Crippen molar-refractivity contribution in [3.05, 3.63) is 29.3 Å². The van der Waals surface area contributed by atoms with Gasteiger partial charge in [0.15, 0.2) is 0 Å². The van der Waals surface area contributed by atoms with Gasteiger partial charge in [0, 0.05) is 24.7 Å². The van der Waals surface area contributed by atoms with E-state index in [9.17, 15) is 0 Å². The number of nitrogens with one attached hydrogen (secondary N) is 1. The van der Waals surface area contributed by atoms with E-state index in [1.165, 1.54) is 30.5 Å². The number of methoxy groups -OCH3 is 1. The van der Waals surface area contributed by atoms with Crippen molar-refractivity contribution in [3.8, 4) is 5.75 Å². The minimum Gasteiger partial charge on any atom is -0.496 e. The maximum absolute atomic E-state index is 5.56. The molecule has 0 saturated carbocycles. The Balaban J connectivity index is 2.13. The van der Waals surface area contributed by atoms with E-state index >= 15 is 0 Å². The first-order chi connectivity index (χ1) is 10.2. The molecule has 0 amide bonds. The first kappa shape index (κ1) is 16.3. The van der Waals surface area contributed by atoms with Gasteiger partial charge in [0.2, 0.25) is 0 Å². The van der Waals surface area contributed by atoms with Crippen LogP contribution in [0.4, 0.5) is 0 Å². The lowest BCUT2D eigenvalue weighted by Gasteiger charge is -2.28. The van der Waals surface area contributed by atoms with Crippen LogP contribution < -0.4 is 10.1 Å². The summed E-state index contributed by atoms with van der Waals surface area (Å²) < 4.78 is 5.56. The molecule has 0 aromatic heterocycles. The lowest BCUT2D eigenvalue weighted by atomic mass is 10.0. The quantitative estimate of drug-likeness (QED) is 0.832. The van der Waals surface area contributed by atoms with Gasteiger partial charge in [-0.2, -0.15) is 0 Å². The fraction of sp³-hybridized carbons (Fsp3) is 0.667. The van der Waals surface area contributed by atoms with E-state index < -0.39 is 0 Å². The van der Waals surface area contributed by atoms with Gasteiger partial charge in [0.1, 0.15) is 5.75 Å². The maximum atomic E-state index is 5.56. The van der Waals surface area contributed by atoms with Crippen LogP contribution in [0.1, 0.15) is 44.7 Å². The van der Waals surface area contributed by atoms with E-state index in [-0.39, 0.29) is 0 Å². The van der Waals surface area contributed by atoms with Crippen LogP contribution in [0.3, 0.4) is 0 Å². The van der Waals surface area contributed by atoms with Crippen molar-refractivity contribution >= 4 is 0 Å². The van der Waals surface area contributed by atoms with E-state index in [0.717, 1.165) is 31.3 Å². The van der Waals surface area contributed by atoms with E-state index in [0.29, 0.717) is 6.04 Å². The standard InChI is InChI=1S/C18H30N2O/c1-5-19-12-15-8-9-18(21-4)16(11-15)13-20-10-6-7-17(20)14(2)3/h8-9,11,14,17,19H,5-7,10,12-13H2,1-4H3. The van der Waals surface area contributed by atoms with Crippen molar-refractivity contribution in [1.29, 1.82) is 0 Å². The number of rotatable bonds is 7. The molecule has 0 bridgehead atoms. The molecule has 1 heterocycles. The summed E-state index contributed by atoms with van der Waals surface area (Å²) in [6.45, 7) is 11.0. The van der Waals surface area contributed by atoms with Crippen LogP contribution in [0.25, 0.3) is 0 Å². The highest BCUT2D eigenvalue weighted by Gasteiger charge is 2.27. The molecule has 0 radical (unpaired) electrons. The summed E-state index contributed by atoms with van der Waals surface area (Å²) >= 11 is 0. The predicted octanol–water partition coefficient (Wildman–Crippen LogP) is 3.43. The molecular formula is C18H30N2O. The van der Waals surface area contributed by atoms with Crippen molar-refractivity contribution < 1.29 is 4.74 Å². The van der Waals surface area contributed by atoms with Gasteiger partial charge in [-0.25, -0.2) is 0 Å². The number of hydrogen-bond acceptors (Lipinski definition) is 3. The fourth-order valence-corrected chi connectivity index (χ4v) is 3.36. The average molecular weight is 290 g/mol. The first-order valence-electron chi connectivity index (χ1n) is 8.26. The molecule has 21 heavy (non-hydrogen) atoms. The normalized spacial score (nSPS) is 19.4. The molecule has 3 heteroatoms. The summed E-state index contributed by atoms with van der Waals surface area (Å²) in [6.07, 6.45) is 2.65. The van der Waals surface area contributed by atoms with E-state index in [1.54, 1.807) is 7.11 Å². The SMILES string of the molecule is CCNCc1ccc(OC)c(CN2CCCC2C(C)C)c1. The van der Waals surface area contributed by atoms with Crippen LogP contribution in [0.15, 0.2) is 18.2 Å². The van der Waals surface area contributed by atoms with Crippen molar-refractivity contribution in [3.63, 3.8) is 0 Å². The third-order valence-electron chi connectivity index (χ3n) is 4.48. The topological polar surface area (TPSA) is 24.5 Å². The first-order valence-corrected chi connectivity index (χ1v) is 8.26. The number of ether oxygens (including phenoxy) is 1. The molecule has 1 saturated heterocycles. The minimum atomic E-state index is 0.715. The van der Waals surface area contributed by atoms with E-state index in [4.69, 9.17) is 4.74 Å². The average Bonchev–Trinajstić information content (AvgIpc) is 2.93. The Morgan fingerprint density at radius 1 is 1.38 bits per heavy atom. The highest BCUT2D eigenvalue weighted by molar-refractivity contribution is 5.37. The van der Waals surface area contributed by atoms with Crippen LogP contribution in [0.5, 0.6) is 5.75 Å². The molecule has 0 aliphatic carbocycles. The summed E-state index contributed by atoms with van der Waals surface area (Å²) in [5, 5.41) is 3.40. The fourth-order valence-electron chi connectivity index (χ4n) is 3.36. The lowest BCUT2D eigenvalue weighted by Crippen LogP contribution is -2.33. The smallest absolute Gasteiger partial charge is 0.123 e. The molecule has 1 aromatic rings. The third kappa shape index (κ3) is 4.21. The van der Waals surface area contributed by atoms with E-state index in [1.807, 2.05) is 0 Å². The van der Waals surface area contributed by atoms with Gasteiger partial charge >= 0.3 is 0 Å². The summed E-state index contributed by atoms with van der Waals surface area (Å²) in [5.41, 5.74) is 2.66. The van der Waals surface area contributed by atoms with Crippen molar-refractivity contribution in [2.24, 2.45) is 5.92 Å². The van der Waals surface area contributed by atoms with Gasteiger partial charge in [-0.3, -0.25) is 4.90 Å². The molecule has 1 aromatic carbocycles. The van der Waals surface area contributed by atoms with Gasteiger partial charge in [-0.05, 0) is 49.5 Å². The van der Waals surface area contributed by atoms with Crippen molar-refractivity contribution in [2.75, 3.05) is 20.2 Å². The molecule has 1 atom stereocenters. The van der Waals surface area contributed by atoms with Gasteiger partial charge in [-0.15, -0.1) is 0 Å². The highest BCUT2D eigenvalue weighted by atomic mass is 16.5. The minimum absolute atomic E-state index is 0.715. The molecule has 1 N–H and O–H groups in total. The summed E-state index contributed by atoms with van der Waals surface area (Å²) in [7, 11) is 1.77. The van der Waals surface area contributed by atoms with Crippen LogP contribution >= 0.6 is 0 Å². The summed E-state index contributed by atoms with van der Waals surface area (Å²) in [5.74, 6) is 1.74. The highest BCUT2D eigenvalue weighted by Crippen LogP contribution is 2.29. The second kappa shape index (κ2) is 7.81. The van der Waals surface area contributed by atoms with Crippen LogP contribution in [0, 0.1) is 5.92 Å². The molecule has 1 fully saturated rings. The molecule has 0 spiro atoms. The molecule has 118 valence electrons. The number of benzene rings is 1. The van der Waals surface area contributed by atoms with E-state index in [2.05, 4.69) is 49.2 Å². The molecule has 3 nitrogen and oxygen atoms in total. The van der Waals surface area contributed by atoms with Gasteiger partial charge < -0.3 is 10.1 Å². The third-order valence-corrected chi connectivity index (χ3v) is 4.48. The predicted molar refractivity (Wildman–Crippen MR) is 88.6 cm³/mol. The molecule has 1 aliphatic heterocycles. The number of nitrogens with zero attached hydrogens (tertiary/aromatic N) is 1. The van der Waals surface area contributed by atoms with Gasteiger partial charge in [-0.1, -0.05) is 26.8 Å². The largest absolute Gasteiger partial charge is 0.496 e. The number of likely N-dealkylation sites (tertiary alicyclic amines) is 1. The Kier molecular flexibility index (Phi) is 6.07. The Bertz CT molecular complexity index is 445. The molecule has 1 aliphatic rings. The molecule has 2 rings (SSSR count). The number of hydrogen-bond donors (Lipinski definition) is 1. The second-order valence-corrected chi connectivity index (χ2v) is 6.35. The van der Waals surface area contributed by atoms with Crippen LogP contribution in [-0.4, -0.2) is 31.1 Å². The Labute approximate surface area is 129 Å². The van der Waals surface area contributed by atoms with Crippen LogP contribution in [0.2, 0.25) is 0 Å². The Morgan fingerprint density at radius 3 is 2.86 bits per heavy atom. The van der Waals surface area contributed by atoms with Gasteiger partial charge in [0.05, 0.1) is 7.11 Å². The van der Waals surface area contributed by atoms with Crippen molar-refractivity contribution in [1.82, 2.24) is 10.2 Å². The molecule has 1 unspecified atom stereocenters. The zero-order valence-corrected chi connectivity index (χ0v) is 14.0. The second-order valence-electron chi connectivity index (χ2n) is 6.35.